The third-order valence-electron chi connectivity index (χ3n) is 4.85. The summed E-state index contributed by atoms with van der Waals surface area (Å²) in [6, 6.07) is 5.58. The first-order valence-corrected chi connectivity index (χ1v) is 10.4. The lowest BCUT2D eigenvalue weighted by Crippen LogP contribution is -2.38. The van der Waals surface area contributed by atoms with Crippen molar-refractivity contribution in [2.45, 2.75) is 38.0 Å². The second-order valence-corrected chi connectivity index (χ2v) is 8.97. The molecule has 0 radical (unpaired) electrons. The van der Waals surface area contributed by atoms with E-state index in [2.05, 4.69) is 10.3 Å². The molecule has 0 aromatic carbocycles. The Hall–Kier alpha value is -1.93. The monoisotopic (exact) mass is 363 g/mol. The minimum atomic E-state index is -3.01. The summed E-state index contributed by atoms with van der Waals surface area (Å²) < 4.78 is 30.8. The van der Waals surface area contributed by atoms with E-state index in [0.717, 1.165) is 36.2 Å². The fourth-order valence-electron chi connectivity index (χ4n) is 3.68. The van der Waals surface area contributed by atoms with Crippen molar-refractivity contribution in [1.29, 1.82) is 0 Å². The van der Waals surface area contributed by atoms with Crippen molar-refractivity contribution in [1.82, 2.24) is 14.9 Å². The van der Waals surface area contributed by atoms with Crippen LogP contribution in [-0.2, 0) is 25.9 Å². The van der Waals surface area contributed by atoms with Gasteiger partial charge in [-0.3, -0.25) is 4.79 Å². The number of aromatic nitrogens is 2. The molecule has 7 nitrogen and oxygen atoms in total. The normalized spacial score (nSPS) is 25.4. The zero-order chi connectivity index (χ0) is 17.4. The number of hydrogen-bond donors (Lipinski definition) is 1. The van der Waals surface area contributed by atoms with Crippen LogP contribution in [0.5, 0.6) is 0 Å². The van der Waals surface area contributed by atoms with Gasteiger partial charge in [0.15, 0.2) is 9.84 Å². The Morgan fingerprint density at radius 2 is 2.28 bits per heavy atom. The molecule has 1 N–H and O–H groups in total. The highest BCUT2D eigenvalue weighted by Crippen LogP contribution is 2.32. The van der Waals surface area contributed by atoms with E-state index in [1.165, 1.54) is 0 Å². The lowest BCUT2D eigenvalue weighted by molar-refractivity contribution is -0.122. The molecule has 4 rings (SSSR count). The van der Waals surface area contributed by atoms with Gasteiger partial charge in [0.05, 0.1) is 17.6 Å². The van der Waals surface area contributed by atoms with Crippen LogP contribution < -0.4 is 5.32 Å². The van der Waals surface area contributed by atoms with Gasteiger partial charge in [0.2, 0.25) is 5.91 Å². The summed E-state index contributed by atoms with van der Waals surface area (Å²) in [5.41, 5.74) is 1.71. The first kappa shape index (κ1) is 16.5. The predicted octanol–water partition coefficient (Wildman–Crippen LogP) is 1.19. The number of fused-ring (bicyclic) bond motifs is 1. The number of rotatable bonds is 4. The van der Waals surface area contributed by atoms with Gasteiger partial charge in [-0.05, 0) is 37.5 Å². The highest BCUT2D eigenvalue weighted by molar-refractivity contribution is 7.91. The fraction of sp³-hybridized carbons (Fsp3) is 0.529. The third kappa shape index (κ3) is 3.41. The van der Waals surface area contributed by atoms with Gasteiger partial charge in [-0.15, -0.1) is 0 Å². The van der Waals surface area contributed by atoms with E-state index < -0.39 is 9.84 Å². The molecule has 0 saturated carbocycles. The van der Waals surface area contributed by atoms with E-state index in [1.54, 1.807) is 6.20 Å². The quantitative estimate of drug-likeness (QED) is 0.881. The molecule has 2 aliphatic rings. The second kappa shape index (κ2) is 6.42. The maximum Gasteiger partial charge on any atom is 0.240 e. The molecule has 2 atom stereocenters. The minimum Gasteiger partial charge on any atom is -0.372 e. The number of ether oxygens (including phenoxy) is 1. The molecule has 1 amide bonds. The van der Waals surface area contributed by atoms with Crippen LogP contribution >= 0.6 is 0 Å². The molecule has 1 unspecified atom stereocenters. The van der Waals surface area contributed by atoms with Gasteiger partial charge >= 0.3 is 0 Å². The van der Waals surface area contributed by atoms with Gasteiger partial charge in [-0.25, -0.2) is 13.4 Å². The van der Waals surface area contributed by atoms with Crippen molar-refractivity contribution in [3.05, 3.63) is 30.1 Å². The molecular weight excluding hydrogens is 342 g/mol. The van der Waals surface area contributed by atoms with Gasteiger partial charge < -0.3 is 14.6 Å². The van der Waals surface area contributed by atoms with Crippen LogP contribution in [0, 0.1) is 0 Å². The molecule has 2 aliphatic heterocycles. The summed E-state index contributed by atoms with van der Waals surface area (Å²) >= 11 is 0. The number of nitrogens with one attached hydrogen (secondary N) is 1. The molecule has 0 spiro atoms. The van der Waals surface area contributed by atoms with Gasteiger partial charge in [0, 0.05) is 29.9 Å². The van der Waals surface area contributed by atoms with E-state index >= 15 is 0 Å². The van der Waals surface area contributed by atoms with Gasteiger partial charge in [-0.2, -0.15) is 0 Å². The van der Waals surface area contributed by atoms with Crippen molar-refractivity contribution >= 4 is 26.8 Å². The van der Waals surface area contributed by atoms with Crippen molar-refractivity contribution in [2.75, 3.05) is 18.1 Å². The van der Waals surface area contributed by atoms with Gasteiger partial charge in [0.1, 0.15) is 12.2 Å². The topological polar surface area (TPSA) is 90.3 Å². The SMILES string of the molecule is O=C(Cn1c([C@@H]2CCCO2)cc2cccnc21)NC1CCS(=O)(=O)C1. The standard InChI is InChI=1S/C17H21N3O4S/c21-16(19-13-5-8-25(22,23)11-13)10-20-14(15-4-2-7-24-15)9-12-3-1-6-18-17(12)20/h1,3,6,9,13,15H,2,4-5,7-8,10-11H2,(H,19,21)/t13?,15-/m0/s1. The first-order chi connectivity index (χ1) is 12.0. The van der Waals surface area contributed by atoms with Crippen molar-refractivity contribution in [2.24, 2.45) is 0 Å². The number of sulfone groups is 1. The number of carbonyl (C=O) groups is 1. The molecule has 2 aromatic heterocycles. The zero-order valence-corrected chi connectivity index (χ0v) is 14.7. The summed E-state index contributed by atoms with van der Waals surface area (Å²) in [5, 5.41) is 3.82. The summed E-state index contributed by atoms with van der Waals surface area (Å²) in [6.45, 7) is 0.845. The maximum absolute atomic E-state index is 12.5. The van der Waals surface area contributed by atoms with Crippen LogP contribution in [-0.4, -0.2) is 48.0 Å². The molecule has 2 aromatic rings. The highest BCUT2D eigenvalue weighted by Gasteiger charge is 2.30. The Kier molecular flexibility index (Phi) is 4.24. The number of pyridine rings is 1. The van der Waals surface area contributed by atoms with E-state index in [-0.39, 0.29) is 36.1 Å². The molecule has 0 aliphatic carbocycles. The largest absolute Gasteiger partial charge is 0.372 e. The van der Waals surface area contributed by atoms with E-state index in [4.69, 9.17) is 4.74 Å². The summed E-state index contributed by atoms with van der Waals surface area (Å²) in [7, 11) is -3.01. The minimum absolute atomic E-state index is 0.0196. The molecule has 0 bridgehead atoms. The number of nitrogens with zero attached hydrogens (tertiary/aromatic N) is 2. The number of amides is 1. The smallest absolute Gasteiger partial charge is 0.240 e. The van der Waals surface area contributed by atoms with E-state index in [1.807, 2.05) is 22.8 Å². The molecule has 4 heterocycles. The van der Waals surface area contributed by atoms with E-state index in [0.29, 0.717) is 6.42 Å². The Balaban J connectivity index is 1.57. The average molecular weight is 363 g/mol. The second-order valence-electron chi connectivity index (χ2n) is 6.74. The molecule has 134 valence electrons. The lowest BCUT2D eigenvalue weighted by Gasteiger charge is -2.16. The lowest BCUT2D eigenvalue weighted by atomic mass is 10.2. The molecule has 2 fully saturated rings. The van der Waals surface area contributed by atoms with Crippen LogP contribution in [0.4, 0.5) is 0 Å². The van der Waals surface area contributed by atoms with Crippen LogP contribution in [0.15, 0.2) is 24.4 Å². The van der Waals surface area contributed by atoms with Crippen LogP contribution in [0.25, 0.3) is 11.0 Å². The third-order valence-corrected chi connectivity index (χ3v) is 6.61. The Bertz CT molecular complexity index is 900. The highest BCUT2D eigenvalue weighted by atomic mass is 32.2. The molecule has 8 heteroatoms. The molecular formula is C17H21N3O4S. The Labute approximate surface area is 146 Å². The number of carbonyl (C=O) groups excluding carboxylic acids is 1. The predicted molar refractivity (Wildman–Crippen MR) is 92.9 cm³/mol. The first-order valence-electron chi connectivity index (χ1n) is 8.57. The van der Waals surface area contributed by atoms with Gasteiger partial charge in [0.25, 0.3) is 0 Å². The van der Waals surface area contributed by atoms with Crippen LogP contribution in [0.1, 0.15) is 31.1 Å². The maximum atomic E-state index is 12.5. The number of hydrogen-bond acceptors (Lipinski definition) is 5. The van der Waals surface area contributed by atoms with Crippen molar-refractivity contribution in [3.63, 3.8) is 0 Å². The zero-order valence-electron chi connectivity index (χ0n) is 13.8. The molecule has 2 saturated heterocycles. The van der Waals surface area contributed by atoms with Crippen LogP contribution in [0.2, 0.25) is 0 Å². The van der Waals surface area contributed by atoms with Crippen LogP contribution in [0.3, 0.4) is 0 Å². The fourth-order valence-corrected chi connectivity index (χ4v) is 5.35. The summed E-state index contributed by atoms with van der Waals surface area (Å²) in [4.78, 5) is 16.9. The Morgan fingerprint density at radius 1 is 1.40 bits per heavy atom. The van der Waals surface area contributed by atoms with Gasteiger partial charge in [-0.1, -0.05) is 0 Å². The average Bonchev–Trinajstić information content (AvgIpc) is 3.27. The summed E-state index contributed by atoms with van der Waals surface area (Å²) in [6.07, 6.45) is 4.11. The summed E-state index contributed by atoms with van der Waals surface area (Å²) in [5.74, 6) is -0.0146. The van der Waals surface area contributed by atoms with Crippen molar-refractivity contribution in [3.8, 4) is 0 Å². The van der Waals surface area contributed by atoms with Crippen molar-refractivity contribution < 1.29 is 17.9 Å². The molecule has 25 heavy (non-hydrogen) atoms. The van der Waals surface area contributed by atoms with E-state index in [9.17, 15) is 13.2 Å². The Morgan fingerprint density at radius 3 is 3.00 bits per heavy atom.